The second-order valence-corrected chi connectivity index (χ2v) is 5.43. The molecule has 0 aliphatic carbocycles. The molecule has 0 aromatic heterocycles. The van der Waals surface area contributed by atoms with Crippen molar-refractivity contribution in [2.75, 3.05) is 26.7 Å². The molecule has 0 amide bonds. The highest BCUT2D eigenvalue weighted by Crippen LogP contribution is 2.24. The van der Waals surface area contributed by atoms with E-state index in [2.05, 4.69) is 42.3 Å². The molecule has 1 fully saturated rings. The number of nitrogens with two attached hydrogens (primary N) is 1. The molecule has 0 bridgehead atoms. The number of hydrogen-bond acceptors (Lipinski definition) is 3. The third kappa shape index (κ3) is 4.30. The Morgan fingerprint density at radius 3 is 2.74 bits per heavy atom. The zero-order valence-corrected chi connectivity index (χ0v) is 11.9. The van der Waals surface area contributed by atoms with Gasteiger partial charge < -0.3 is 10.5 Å². The summed E-state index contributed by atoms with van der Waals surface area (Å²) in [5.41, 5.74) is 7.13. The Balaban J connectivity index is 1.97. The molecule has 0 spiro atoms. The van der Waals surface area contributed by atoms with E-state index < -0.39 is 0 Å². The Hall–Kier alpha value is -0.900. The van der Waals surface area contributed by atoms with Crippen LogP contribution in [0.15, 0.2) is 30.3 Å². The zero-order valence-electron chi connectivity index (χ0n) is 11.9. The first kappa shape index (κ1) is 14.5. The molecule has 1 saturated heterocycles. The Labute approximate surface area is 116 Å². The monoisotopic (exact) mass is 262 g/mol. The van der Waals surface area contributed by atoms with Gasteiger partial charge in [-0.3, -0.25) is 4.90 Å². The minimum atomic E-state index is 0.391. The van der Waals surface area contributed by atoms with Gasteiger partial charge in [-0.15, -0.1) is 0 Å². The quantitative estimate of drug-likeness (QED) is 0.856. The average Bonchev–Trinajstić information content (AvgIpc) is 2.46. The molecule has 2 N–H and O–H groups in total. The minimum Gasteiger partial charge on any atom is -0.377 e. The predicted octanol–water partition coefficient (Wildman–Crippen LogP) is 2.58. The van der Waals surface area contributed by atoms with Crippen LogP contribution in [0.1, 0.15) is 37.3 Å². The number of likely N-dealkylation sites (N-methyl/N-ethyl adjacent to an activating group) is 1. The molecule has 3 heteroatoms. The van der Waals surface area contributed by atoms with Gasteiger partial charge in [0.1, 0.15) is 0 Å². The van der Waals surface area contributed by atoms with Gasteiger partial charge in [0.15, 0.2) is 0 Å². The molecular weight excluding hydrogens is 236 g/mol. The van der Waals surface area contributed by atoms with Crippen LogP contribution in [-0.2, 0) is 4.74 Å². The molecule has 1 heterocycles. The fourth-order valence-electron chi connectivity index (χ4n) is 2.87. The second kappa shape index (κ2) is 7.63. The lowest BCUT2D eigenvalue weighted by Gasteiger charge is -2.33. The second-order valence-electron chi connectivity index (χ2n) is 5.43. The first-order valence-corrected chi connectivity index (χ1v) is 7.38. The van der Waals surface area contributed by atoms with Gasteiger partial charge in [0, 0.05) is 19.2 Å². The highest BCUT2D eigenvalue weighted by atomic mass is 16.5. The van der Waals surface area contributed by atoms with Gasteiger partial charge in [-0.25, -0.2) is 0 Å². The molecule has 2 rings (SSSR count). The number of hydrogen-bond donors (Lipinski definition) is 1. The van der Waals surface area contributed by atoms with E-state index in [-0.39, 0.29) is 0 Å². The summed E-state index contributed by atoms with van der Waals surface area (Å²) in [4.78, 5) is 2.40. The van der Waals surface area contributed by atoms with Gasteiger partial charge in [-0.1, -0.05) is 30.3 Å². The molecule has 0 radical (unpaired) electrons. The normalized spacial score (nSPS) is 21.5. The smallest absolute Gasteiger partial charge is 0.0702 e. The van der Waals surface area contributed by atoms with Gasteiger partial charge in [-0.2, -0.15) is 0 Å². The summed E-state index contributed by atoms with van der Waals surface area (Å²) in [7, 11) is 2.19. The summed E-state index contributed by atoms with van der Waals surface area (Å²) in [5, 5.41) is 0. The van der Waals surface area contributed by atoms with Crippen LogP contribution in [0.3, 0.4) is 0 Å². The summed E-state index contributed by atoms with van der Waals surface area (Å²) in [5.74, 6) is 0. The van der Waals surface area contributed by atoms with Crippen LogP contribution in [0, 0.1) is 0 Å². The number of ether oxygens (including phenoxy) is 1. The summed E-state index contributed by atoms with van der Waals surface area (Å²) in [6.45, 7) is 2.64. The highest BCUT2D eigenvalue weighted by molar-refractivity contribution is 5.19. The summed E-state index contributed by atoms with van der Waals surface area (Å²) in [6, 6.07) is 11.1. The van der Waals surface area contributed by atoms with E-state index in [4.69, 9.17) is 10.5 Å². The molecule has 0 saturated carbocycles. The van der Waals surface area contributed by atoms with Crippen LogP contribution in [0.25, 0.3) is 0 Å². The molecule has 2 atom stereocenters. The molecule has 3 nitrogen and oxygen atoms in total. The Kier molecular flexibility index (Phi) is 5.83. The Bertz CT molecular complexity index is 349. The maximum Gasteiger partial charge on any atom is 0.0702 e. The molecule has 106 valence electrons. The molecule has 1 aliphatic heterocycles. The van der Waals surface area contributed by atoms with Gasteiger partial charge in [0.25, 0.3) is 0 Å². The van der Waals surface area contributed by atoms with Crippen molar-refractivity contribution in [3.05, 3.63) is 35.9 Å². The number of nitrogens with zero attached hydrogens (tertiary/aromatic N) is 1. The lowest BCUT2D eigenvalue weighted by Crippen LogP contribution is -2.36. The number of rotatable bonds is 6. The average molecular weight is 262 g/mol. The SMILES string of the molecule is CN(CC1CCCCO1)C(CCN)c1ccccc1. The molecule has 2 unspecified atom stereocenters. The van der Waals surface area contributed by atoms with Gasteiger partial charge in [0.05, 0.1) is 6.10 Å². The molecule has 1 aromatic carbocycles. The first-order valence-electron chi connectivity index (χ1n) is 7.38. The fraction of sp³-hybridized carbons (Fsp3) is 0.625. The Morgan fingerprint density at radius 1 is 1.32 bits per heavy atom. The van der Waals surface area contributed by atoms with Crippen LogP contribution < -0.4 is 5.73 Å². The molecule has 1 aromatic rings. The van der Waals surface area contributed by atoms with Gasteiger partial charge in [0.2, 0.25) is 0 Å². The van der Waals surface area contributed by atoms with E-state index in [0.29, 0.717) is 12.1 Å². The van der Waals surface area contributed by atoms with E-state index in [9.17, 15) is 0 Å². The molecule has 19 heavy (non-hydrogen) atoms. The molecular formula is C16H26N2O. The van der Waals surface area contributed by atoms with Crippen LogP contribution in [0.2, 0.25) is 0 Å². The van der Waals surface area contributed by atoms with Crippen molar-refractivity contribution in [3.63, 3.8) is 0 Å². The van der Waals surface area contributed by atoms with Crippen molar-refractivity contribution in [2.24, 2.45) is 5.73 Å². The lowest BCUT2D eigenvalue weighted by atomic mass is 10.0. The summed E-state index contributed by atoms with van der Waals surface area (Å²) < 4.78 is 5.84. The van der Waals surface area contributed by atoms with Crippen LogP contribution in [0.5, 0.6) is 0 Å². The number of benzene rings is 1. The van der Waals surface area contributed by atoms with Crippen molar-refractivity contribution in [3.8, 4) is 0 Å². The largest absolute Gasteiger partial charge is 0.377 e. The van der Waals surface area contributed by atoms with Crippen LogP contribution in [0.4, 0.5) is 0 Å². The third-order valence-electron chi connectivity index (χ3n) is 3.92. The van der Waals surface area contributed by atoms with E-state index >= 15 is 0 Å². The van der Waals surface area contributed by atoms with E-state index in [1.54, 1.807) is 0 Å². The van der Waals surface area contributed by atoms with E-state index in [1.165, 1.54) is 24.8 Å². The maximum atomic E-state index is 5.84. The van der Waals surface area contributed by atoms with E-state index in [0.717, 1.165) is 26.1 Å². The van der Waals surface area contributed by atoms with Crippen molar-refractivity contribution in [1.29, 1.82) is 0 Å². The van der Waals surface area contributed by atoms with Gasteiger partial charge >= 0.3 is 0 Å². The fourth-order valence-corrected chi connectivity index (χ4v) is 2.87. The predicted molar refractivity (Wildman–Crippen MR) is 79.1 cm³/mol. The van der Waals surface area contributed by atoms with Gasteiger partial charge in [-0.05, 0) is 44.8 Å². The maximum absolute atomic E-state index is 5.84. The molecule has 1 aliphatic rings. The van der Waals surface area contributed by atoms with Crippen LogP contribution >= 0.6 is 0 Å². The van der Waals surface area contributed by atoms with Crippen molar-refractivity contribution >= 4 is 0 Å². The summed E-state index contributed by atoms with van der Waals surface area (Å²) >= 11 is 0. The summed E-state index contributed by atoms with van der Waals surface area (Å²) in [6.07, 6.45) is 5.08. The highest BCUT2D eigenvalue weighted by Gasteiger charge is 2.21. The van der Waals surface area contributed by atoms with Crippen molar-refractivity contribution < 1.29 is 4.74 Å². The zero-order chi connectivity index (χ0) is 13.5. The van der Waals surface area contributed by atoms with Crippen molar-refractivity contribution in [2.45, 2.75) is 37.8 Å². The van der Waals surface area contributed by atoms with E-state index in [1.807, 2.05) is 0 Å². The first-order chi connectivity index (χ1) is 9.31. The topological polar surface area (TPSA) is 38.5 Å². The lowest BCUT2D eigenvalue weighted by molar-refractivity contribution is -0.00883. The van der Waals surface area contributed by atoms with Crippen molar-refractivity contribution in [1.82, 2.24) is 4.90 Å². The standard InChI is InChI=1S/C16H26N2O/c1-18(13-15-9-5-6-12-19-15)16(10-11-17)14-7-3-2-4-8-14/h2-4,7-8,15-16H,5-6,9-13,17H2,1H3. The Morgan fingerprint density at radius 2 is 2.11 bits per heavy atom. The van der Waals surface area contributed by atoms with Crippen LogP contribution in [-0.4, -0.2) is 37.7 Å². The third-order valence-corrected chi connectivity index (χ3v) is 3.92. The minimum absolute atomic E-state index is 0.391.